The maximum atomic E-state index is 13.7. The Hall–Kier alpha value is -1.11. The number of hydrogen-bond acceptors (Lipinski definition) is 6. The molecule has 1 aromatic carbocycles. The molecule has 21 heavy (non-hydrogen) atoms. The molecule has 0 aliphatic carbocycles. The van der Waals surface area contributed by atoms with Crippen molar-refractivity contribution in [3.8, 4) is 0 Å². The van der Waals surface area contributed by atoms with Gasteiger partial charge in [0.05, 0.1) is 11.2 Å². The minimum atomic E-state index is -4.17. The summed E-state index contributed by atoms with van der Waals surface area (Å²) >= 11 is 0. The molecule has 0 aliphatic heterocycles. The molecule has 0 saturated heterocycles. The summed E-state index contributed by atoms with van der Waals surface area (Å²) in [6, 6.07) is 7.17. The summed E-state index contributed by atoms with van der Waals surface area (Å²) in [7, 11) is -6.02. The Labute approximate surface area is 123 Å². The van der Waals surface area contributed by atoms with Crippen LogP contribution in [0.15, 0.2) is 35.2 Å². The molecule has 0 amide bonds. The van der Waals surface area contributed by atoms with E-state index in [-0.39, 0.29) is 10.0 Å². The average Bonchev–Trinajstić information content (AvgIpc) is 2.36. The third-order valence-electron chi connectivity index (χ3n) is 2.49. The first-order valence-corrected chi connectivity index (χ1v) is 9.06. The van der Waals surface area contributed by atoms with E-state index in [2.05, 4.69) is 5.32 Å². The molecule has 8 nitrogen and oxygen atoms in total. The number of hydrogen-bond donors (Lipinski definition) is 3. The van der Waals surface area contributed by atoms with Gasteiger partial charge in [-0.05, 0) is 19.2 Å². The fourth-order valence-corrected chi connectivity index (χ4v) is 3.71. The fraction of sp³-hybridized carbons (Fsp3) is 0.400. The van der Waals surface area contributed by atoms with E-state index in [4.69, 9.17) is 0 Å². The maximum Gasteiger partial charge on any atom is 0.244 e. The smallest absolute Gasteiger partial charge is 0.244 e. The van der Waals surface area contributed by atoms with E-state index >= 15 is 0 Å². The van der Waals surface area contributed by atoms with Gasteiger partial charge in [-0.15, -0.1) is 4.48 Å². The SMILES string of the molecule is CNC(NS(C)(=O)=O)(NS(=O)(=O)c1ccccc1)N(C)F. The van der Waals surface area contributed by atoms with Crippen molar-refractivity contribution < 1.29 is 21.3 Å². The summed E-state index contributed by atoms with van der Waals surface area (Å²) in [5.74, 6) is -2.34. The summed E-state index contributed by atoms with van der Waals surface area (Å²) < 4.78 is 64.7. The van der Waals surface area contributed by atoms with Gasteiger partial charge < -0.3 is 0 Å². The molecule has 1 unspecified atom stereocenters. The molecular formula is C10H17FN4O4S2. The first-order valence-electron chi connectivity index (χ1n) is 5.69. The highest BCUT2D eigenvalue weighted by Gasteiger charge is 2.41. The predicted molar refractivity (Wildman–Crippen MR) is 75.4 cm³/mol. The van der Waals surface area contributed by atoms with Gasteiger partial charge in [-0.3, -0.25) is 5.32 Å². The molecule has 1 aromatic rings. The Morgan fingerprint density at radius 3 is 2.00 bits per heavy atom. The van der Waals surface area contributed by atoms with Gasteiger partial charge in [-0.25, -0.2) is 16.8 Å². The Kier molecular flexibility index (Phi) is 5.41. The Morgan fingerprint density at radius 2 is 1.62 bits per heavy atom. The number of benzene rings is 1. The van der Waals surface area contributed by atoms with Crippen molar-refractivity contribution in [3.63, 3.8) is 0 Å². The second-order valence-electron chi connectivity index (χ2n) is 4.23. The minimum absolute atomic E-state index is 0.130. The molecule has 120 valence electrons. The highest BCUT2D eigenvalue weighted by Crippen LogP contribution is 2.13. The number of halogens is 1. The molecule has 0 spiro atoms. The van der Waals surface area contributed by atoms with Gasteiger partial charge in [-0.1, -0.05) is 23.3 Å². The lowest BCUT2D eigenvalue weighted by atomic mass is 10.4. The third kappa shape index (κ3) is 4.69. The van der Waals surface area contributed by atoms with Crippen molar-refractivity contribution in [2.24, 2.45) is 0 Å². The lowest BCUT2D eigenvalue weighted by Gasteiger charge is -2.36. The lowest BCUT2D eigenvalue weighted by molar-refractivity contribution is -0.0898. The minimum Gasteiger partial charge on any atom is -0.273 e. The van der Waals surface area contributed by atoms with E-state index in [1.54, 1.807) is 6.07 Å². The van der Waals surface area contributed by atoms with Crippen LogP contribution in [-0.2, 0) is 20.0 Å². The maximum absolute atomic E-state index is 13.7. The number of sulfonamides is 2. The van der Waals surface area contributed by atoms with E-state index in [0.29, 0.717) is 0 Å². The van der Waals surface area contributed by atoms with Crippen molar-refractivity contribution in [2.45, 2.75) is 10.8 Å². The van der Waals surface area contributed by atoms with Crippen LogP contribution in [0.1, 0.15) is 0 Å². The van der Waals surface area contributed by atoms with Gasteiger partial charge in [-0.2, -0.15) is 9.44 Å². The Morgan fingerprint density at radius 1 is 1.10 bits per heavy atom. The highest BCUT2D eigenvalue weighted by molar-refractivity contribution is 7.90. The number of nitrogens with one attached hydrogen (secondary N) is 3. The summed E-state index contributed by atoms with van der Waals surface area (Å²) in [6.07, 6.45) is 0.777. The zero-order valence-electron chi connectivity index (χ0n) is 11.7. The first-order chi connectivity index (χ1) is 9.52. The normalized spacial score (nSPS) is 15.9. The molecule has 0 aliphatic rings. The van der Waals surface area contributed by atoms with Crippen LogP contribution >= 0.6 is 0 Å². The zero-order chi connectivity index (χ0) is 16.3. The van der Waals surface area contributed by atoms with Gasteiger partial charge in [0.1, 0.15) is 0 Å². The van der Waals surface area contributed by atoms with Gasteiger partial charge in [0.2, 0.25) is 26.0 Å². The summed E-state index contributed by atoms with van der Waals surface area (Å²) in [5.41, 5.74) is 0. The van der Waals surface area contributed by atoms with E-state index in [9.17, 15) is 21.3 Å². The van der Waals surface area contributed by atoms with Crippen LogP contribution in [0.25, 0.3) is 0 Å². The second-order valence-corrected chi connectivity index (χ2v) is 7.66. The topological polar surface area (TPSA) is 108 Å². The van der Waals surface area contributed by atoms with E-state index in [1.807, 2.05) is 9.44 Å². The standard InChI is InChI=1S/C10H17FN4O4S2/c1-12-10(15(2)11,13-20(3,16)17)14-21(18,19)9-7-5-4-6-8-9/h4-8,12-14H,1-3H3. The van der Waals surface area contributed by atoms with Crippen molar-refractivity contribution in [1.29, 1.82) is 0 Å². The summed E-state index contributed by atoms with van der Waals surface area (Å²) in [4.78, 5) is -0.137. The molecule has 1 rings (SSSR count). The number of nitrogens with zero attached hydrogens (tertiary/aromatic N) is 1. The number of rotatable bonds is 7. The largest absolute Gasteiger partial charge is 0.273 e. The lowest BCUT2D eigenvalue weighted by Crippen LogP contribution is -2.73. The summed E-state index contributed by atoms with van der Waals surface area (Å²) in [6.45, 7) is 0. The average molecular weight is 340 g/mol. The van der Waals surface area contributed by atoms with Crippen molar-refractivity contribution in [3.05, 3.63) is 30.3 Å². The third-order valence-corrected chi connectivity index (χ3v) is 4.62. The van der Waals surface area contributed by atoms with Gasteiger partial charge in [0, 0.05) is 7.05 Å². The Balaban J connectivity index is 3.24. The Bertz CT molecular complexity index is 678. The highest BCUT2D eigenvalue weighted by atomic mass is 32.2. The first kappa shape index (κ1) is 17.9. The molecule has 0 radical (unpaired) electrons. The quantitative estimate of drug-likeness (QED) is 0.441. The molecule has 11 heteroatoms. The van der Waals surface area contributed by atoms with E-state index in [0.717, 1.165) is 13.3 Å². The fourth-order valence-electron chi connectivity index (χ4n) is 1.52. The van der Waals surface area contributed by atoms with E-state index in [1.165, 1.54) is 31.3 Å². The van der Waals surface area contributed by atoms with Crippen LogP contribution in [-0.4, -0.2) is 48.2 Å². The summed E-state index contributed by atoms with van der Waals surface area (Å²) in [5, 5.41) is 2.14. The van der Waals surface area contributed by atoms with Crippen LogP contribution in [0.4, 0.5) is 4.48 Å². The van der Waals surface area contributed by atoms with Gasteiger partial charge in [0.25, 0.3) is 0 Å². The molecule has 1 atom stereocenters. The molecule has 0 heterocycles. The molecule has 0 bridgehead atoms. The van der Waals surface area contributed by atoms with Crippen molar-refractivity contribution in [1.82, 2.24) is 19.9 Å². The van der Waals surface area contributed by atoms with Crippen LogP contribution < -0.4 is 14.8 Å². The predicted octanol–water partition coefficient (Wildman–Crippen LogP) is -0.839. The van der Waals surface area contributed by atoms with Crippen LogP contribution in [0.3, 0.4) is 0 Å². The van der Waals surface area contributed by atoms with E-state index < -0.39 is 26.0 Å². The zero-order valence-corrected chi connectivity index (χ0v) is 13.3. The van der Waals surface area contributed by atoms with Gasteiger partial charge in [0.15, 0.2) is 0 Å². The van der Waals surface area contributed by atoms with Crippen molar-refractivity contribution >= 4 is 20.0 Å². The van der Waals surface area contributed by atoms with Crippen LogP contribution in [0.5, 0.6) is 0 Å². The molecular weight excluding hydrogens is 323 g/mol. The second kappa shape index (κ2) is 6.34. The molecule has 0 fully saturated rings. The van der Waals surface area contributed by atoms with Gasteiger partial charge >= 0.3 is 0 Å². The van der Waals surface area contributed by atoms with Crippen molar-refractivity contribution in [2.75, 3.05) is 20.4 Å². The molecule has 3 N–H and O–H groups in total. The molecule has 0 aromatic heterocycles. The molecule has 0 saturated carbocycles. The van der Waals surface area contributed by atoms with Crippen LogP contribution in [0, 0.1) is 0 Å². The monoisotopic (exact) mass is 340 g/mol. The van der Waals surface area contributed by atoms with Crippen LogP contribution in [0.2, 0.25) is 0 Å².